The summed E-state index contributed by atoms with van der Waals surface area (Å²) in [5, 5.41) is 0.709. The molecule has 106 valence electrons. The van der Waals surface area contributed by atoms with Gasteiger partial charge in [-0.3, -0.25) is 0 Å². The number of hydrogen-bond acceptors (Lipinski definition) is 4. The molecule has 6 heteroatoms. The number of alkyl halides is 1. The number of aryl methyl sites for hydroxylation is 1. The summed E-state index contributed by atoms with van der Waals surface area (Å²) in [6.45, 7) is 3.45. The van der Waals surface area contributed by atoms with Gasteiger partial charge in [0.2, 0.25) is 0 Å². The molecule has 0 amide bonds. The van der Waals surface area contributed by atoms with E-state index in [1.807, 2.05) is 0 Å². The van der Waals surface area contributed by atoms with E-state index in [9.17, 15) is 9.59 Å². The topological polar surface area (TPSA) is 56.5 Å². The molecule has 1 aromatic carbocycles. The van der Waals surface area contributed by atoms with Gasteiger partial charge in [0, 0.05) is 16.5 Å². The zero-order chi connectivity index (χ0) is 15.0. The van der Waals surface area contributed by atoms with Crippen LogP contribution in [0.3, 0.4) is 0 Å². The van der Waals surface area contributed by atoms with Crippen molar-refractivity contribution in [3.05, 3.63) is 37.6 Å². The van der Waals surface area contributed by atoms with Crippen molar-refractivity contribution in [3.8, 4) is 5.75 Å². The first-order valence-corrected chi connectivity index (χ1v) is 7.53. The minimum atomic E-state index is -0.561. The van der Waals surface area contributed by atoms with Crippen LogP contribution in [0.25, 0.3) is 11.0 Å². The summed E-state index contributed by atoms with van der Waals surface area (Å²) in [6.07, 6.45) is 0.745. The number of carbonyl (C=O) groups excluding carboxylic acids is 1. The van der Waals surface area contributed by atoms with E-state index in [1.165, 1.54) is 0 Å². The molecule has 1 aromatic heterocycles. The third-order valence-electron chi connectivity index (χ3n) is 3.21. The second kappa shape index (κ2) is 5.69. The van der Waals surface area contributed by atoms with Gasteiger partial charge in [0.1, 0.15) is 17.6 Å². The van der Waals surface area contributed by atoms with Crippen molar-refractivity contribution in [2.24, 2.45) is 0 Å². The molecule has 1 atom stereocenters. The molecule has 0 fully saturated rings. The van der Waals surface area contributed by atoms with Gasteiger partial charge in [-0.05, 0) is 41.4 Å². The van der Waals surface area contributed by atoms with E-state index in [-0.39, 0.29) is 0 Å². The Balaban J connectivity index is 3.02. The molecule has 0 N–H and O–H groups in total. The number of carbonyl (C=O) groups is 1. The molecule has 0 aliphatic rings. The molecule has 4 nitrogen and oxygen atoms in total. The molecule has 20 heavy (non-hydrogen) atoms. The fourth-order valence-electron chi connectivity index (χ4n) is 2.23. The van der Waals surface area contributed by atoms with E-state index < -0.39 is 10.5 Å². The largest absolute Gasteiger partial charge is 0.495 e. The highest BCUT2D eigenvalue weighted by Gasteiger charge is 2.21. The molecule has 0 saturated carbocycles. The van der Waals surface area contributed by atoms with E-state index in [1.54, 1.807) is 27.0 Å². The molecule has 0 aliphatic heterocycles. The standard InChI is InChI=1S/C14H12Br2O4/c1-6-11(10(16)5-17)8-4-9(15)13(19-3)7(2)12(8)20-14(6)18/h4-5,10H,1-3H3. The molecule has 0 spiro atoms. The van der Waals surface area contributed by atoms with Gasteiger partial charge >= 0.3 is 5.63 Å². The number of hydrogen-bond donors (Lipinski definition) is 0. The van der Waals surface area contributed by atoms with Crippen LogP contribution in [0.2, 0.25) is 0 Å². The average Bonchev–Trinajstić information content (AvgIpc) is 2.41. The van der Waals surface area contributed by atoms with Crippen molar-refractivity contribution in [2.75, 3.05) is 7.11 Å². The van der Waals surface area contributed by atoms with Gasteiger partial charge in [-0.2, -0.15) is 0 Å². The maximum atomic E-state index is 12.0. The summed E-state index contributed by atoms with van der Waals surface area (Å²) in [7, 11) is 1.55. The Morgan fingerprint density at radius 1 is 1.35 bits per heavy atom. The number of ether oxygens (including phenoxy) is 1. The van der Waals surface area contributed by atoms with Crippen LogP contribution >= 0.6 is 31.9 Å². The monoisotopic (exact) mass is 402 g/mol. The molecular formula is C14H12Br2O4. The predicted octanol–water partition coefficient (Wildman–Crippen LogP) is 3.82. The van der Waals surface area contributed by atoms with Crippen LogP contribution in [0.1, 0.15) is 21.5 Å². The van der Waals surface area contributed by atoms with E-state index in [0.717, 1.165) is 10.8 Å². The number of halogens is 2. The summed E-state index contributed by atoms with van der Waals surface area (Å²) >= 11 is 6.71. The van der Waals surface area contributed by atoms with E-state index >= 15 is 0 Å². The minimum absolute atomic E-state index is 0.419. The van der Waals surface area contributed by atoms with Crippen molar-refractivity contribution in [1.29, 1.82) is 0 Å². The third kappa shape index (κ3) is 2.31. The number of rotatable bonds is 3. The molecule has 0 saturated heterocycles. The quantitative estimate of drug-likeness (QED) is 0.444. The van der Waals surface area contributed by atoms with Crippen LogP contribution in [0.5, 0.6) is 5.75 Å². The van der Waals surface area contributed by atoms with E-state index in [2.05, 4.69) is 31.9 Å². The van der Waals surface area contributed by atoms with Crippen molar-refractivity contribution in [2.45, 2.75) is 18.7 Å². The maximum Gasteiger partial charge on any atom is 0.339 e. The van der Waals surface area contributed by atoms with Crippen LogP contribution < -0.4 is 10.4 Å². The smallest absolute Gasteiger partial charge is 0.339 e. The lowest BCUT2D eigenvalue weighted by molar-refractivity contribution is -0.107. The fourth-order valence-corrected chi connectivity index (χ4v) is 3.51. The van der Waals surface area contributed by atoms with Crippen molar-refractivity contribution >= 4 is 49.1 Å². The first-order chi connectivity index (χ1) is 9.42. The molecule has 0 aliphatic carbocycles. The lowest BCUT2D eigenvalue weighted by Crippen LogP contribution is -2.10. The van der Waals surface area contributed by atoms with Crippen molar-refractivity contribution in [3.63, 3.8) is 0 Å². The lowest BCUT2D eigenvalue weighted by Gasteiger charge is -2.14. The number of fused-ring (bicyclic) bond motifs is 1. The summed E-state index contributed by atoms with van der Waals surface area (Å²) in [5.74, 6) is 0.604. The third-order valence-corrected chi connectivity index (χ3v) is 4.47. The molecule has 2 rings (SSSR count). The highest BCUT2D eigenvalue weighted by atomic mass is 79.9. The van der Waals surface area contributed by atoms with Crippen LogP contribution in [0.4, 0.5) is 0 Å². The van der Waals surface area contributed by atoms with E-state index in [0.29, 0.717) is 33.4 Å². The fraction of sp³-hybridized carbons (Fsp3) is 0.286. The Hall–Kier alpha value is -1.14. The van der Waals surface area contributed by atoms with Gasteiger partial charge in [-0.1, -0.05) is 15.9 Å². The molecule has 1 heterocycles. The zero-order valence-corrected chi connectivity index (χ0v) is 14.3. The molecule has 2 aromatic rings. The van der Waals surface area contributed by atoms with Gasteiger partial charge in [0.25, 0.3) is 0 Å². The first-order valence-electron chi connectivity index (χ1n) is 5.82. The molecule has 1 unspecified atom stereocenters. The van der Waals surface area contributed by atoms with Gasteiger partial charge in [-0.15, -0.1) is 0 Å². The minimum Gasteiger partial charge on any atom is -0.495 e. The van der Waals surface area contributed by atoms with Gasteiger partial charge < -0.3 is 13.9 Å². The van der Waals surface area contributed by atoms with Crippen molar-refractivity contribution in [1.82, 2.24) is 0 Å². The van der Waals surface area contributed by atoms with Crippen LogP contribution in [0, 0.1) is 13.8 Å². The highest BCUT2D eigenvalue weighted by Crippen LogP contribution is 2.39. The second-order valence-corrected chi connectivity index (χ2v) is 6.20. The number of methoxy groups -OCH3 is 1. The summed E-state index contributed by atoms with van der Waals surface area (Å²) in [5.41, 5.74) is 1.73. The Morgan fingerprint density at radius 3 is 2.55 bits per heavy atom. The van der Waals surface area contributed by atoms with Crippen LogP contribution in [0.15, 0.2) is 19.8 Å². The second-order valence-electron chi connectivity index (χ2n) is 4.36. The Kier molecular flexibility index (Phi) is 4.34. The van der Waals surface area contributed by atoms with Gasteiger partial charge in [0.05, 0.1) is 16.4 Å². The Labute approximate surface area is 132 Å². The number of benzene rings is 1. The first kappa shape index (κ1) is 15.3. The summed E-state index contributed by atoms with van der Waals surface area (Å²) in [4.78, 5) is 22.5. The van der Waals surface area contributed by atoms with E-state index in [4.69, 9.17) is 9.15 Å². The summed E-state index contributed by atoms with van der Waals surface area (Å²) in [6, 6.07) is 1.80. The Bertz CT molecular complexity index is 749. The highest BCUT2D eigenvalue weighted by molar-refractivity contribution is 9.10. The lowest BCUT2D eigenvalue weighted by atomic mass is 10.0. The predicted molar refractivity (Wildman–Crippen MR) is 83.9 cm³/mol. The SMILES string of the molecule is COc1c(Br)cc2c(C(Br)C=O)c(C)c(=O)oc2c1C. The molecular weight excluding hydrogens is 392 g/mol. The maximum absolute atomic E-state index is 12.0. The zero-order valence-electron chi connectivity index (χ0n) is 11.1. The van der Waals surface area contributed by atoms with Gasteiger partial charge in [0.15, 0.2) is 0 Å². The van der Waals surface area contributed by atoms with Crippen LogP contribution in [-0.2, 0) is 4.79 Å². The van der Waals surface area contributed by atoms with Crippen molar-refractivity contribution < 1.29 is 13.9 Å². The average molecular weight is 404 g/mol. The molecule has 0 radical (unpaired) electrons. The number of aldehydes is 1. The van der Waals surface area contributed by atoms with Gasteiger partial charge in [-0.25, -0.2) is 4.79 Å². The van der Waals surface area contributed by atoms with Crippen LogP contribution in [-0.4, -0.2) is 13.4 Å². The Morgan fingerprint density at radius 2 is 2.00 bits per heavy atom. The molecule has 0 bridgehead atoms. The normalized spacial score (nSPS) is 12.4. The summed E-state index contributed by atoms with van der Waals surface area (Å²) < 4.78 is 11.4.